The van der Waals surface area contributed by atoms with Crippen LogP contribution < -0.4 is 4.74 Å². The lowest BCUT2D eigenvalue weighted by Crippen LogP contribution is -2.20. The zero-order valence-electron chi connectivity index (χ0n) is 11.5. The minimum atomic E-state index is 0.690. The van der Waals surface area contributed by atoms with Crippen molar-refractivity contribution >= 4 is 23.4 Å². The lowest BCUT2D eigenvalue weighted by Gasteiger charge is -2.13. The Hall–Kier alpha value is -2.20. The van der Waals surface area contributed by atoms with Gasteiger partial charge in [-0.15, -0.1) is 0 Å². The van der Waals surface area contributed by atoms with Crippen LogP contribution in [0.3, 0.4) is 0 Å². The van der Waals surface area contributed by atoms with Gasteiger partial charge in [-0.05, 0) is 29.8 Å². The van der Waals surface area contributed by atoms with Crippen molar-refractivity contribution < 1.29 is 4.74 Å². The molecule has 0 aliphatic carbocycles. The molecule has 0 amide bonds. The summed E-state index contributed by atoms with van der Waals surface area (Å²) in [6.45, 7) is 0. The first kappa shape index (κ1) is 14.2. The van der Waals surface area contributed by atoms with Gasteiger partial charge in [-0.25, -0.2) is 0 Å². The summed E-state index contributed by atoms with van der Waals surface area (Å²) in [4.78, 5) is 0.690. The quantitative estimate of drug-likeness (QED) is 0.489. The Kier molecular flexibility index (Phi) is 4.85. The van der Waals surface area contributed by atoms with Gasteiger partial charge in [0.1, 0.15) is 10.7 Å². The van der Waals surface area contributed by atoms with Gasteiger partial charge in [0, 0.05) is 12.6 Å². The van der Waals surface area contributed by atoms with Crippen molar-refractivity contribution in [3.05, 3.63) is 65.7 Å². The normalized spacial score (nSPS) is 10.5. The highest BCUT2D eigenvalue weighted by Gasteiger charge is 2.04. The molecule has 20 heavy (non-hydrogen) atoms. The van der Waals surface area contributed by atoms with Crippen LogP contribution in [-0.2, 0) is 0 Å². The maximum atomic E-state index is 5.39. The molecule has 2 aromatic rings. The van der Waals surface area contributed by atoms with Crippen LogP contribution in [0.1, 0.15) is 11.1 Å². The summed E-state index contributed by atoms with van der Waals surface area (Å²) in [7, 11) is 3.49. The van der Waals surface area contributed by atoms with Gasteiger partial charge in [0.05, 0.1) is 13.3 Å². The van der Waals surface area contributed by atoms with Crippen LogP contribution in [0, 0.1) is 0 Å². The Morgan fingerprint density at radius 2 is 1.75 bits per heavy atom. The molecule has 0 aromatic heterocycles. The average molecular weight is 284 g/mol. The third-order valence-electron chi connectivity index (χ3n) is 2.81. The van der Waals surface area contributed by atoms with E-state index < -0.39 is 0 Å². The van der Waals surface area contributed by atoms with E-state index in [1.807, 2.05) is 61.6 Å². The minimum absolute atomic E-state index is 0.690. The van der Waals surface area contributed by atoms with Crippen molar-refractivity contribution in [2.45, 2.75) is 0 Å². The van der Waals surface area contributed by atoms with E-state index in [0.29, 0.717) is 4.99 Å². The fourth-order valence-corrected chi connectivity index (χ4v) is 1.85. The van der Waals surface area contributed by atoms with Crippen LogP contribution in [0.2, 0.25) is 0 Å². The van der Waals surface area contributed by atoms with Crippen LogP contribution in [0.5, 0.6) is 5.75 Å². The Balaban J connectivity index is 2.04. The predicted molar refractivity (Wildman–Crippen MR) is 86.5 cm³/mol. The fourth-order valence-electron chi connectivity index (χ4n) is 1.66. The van der Waals surface area contributed by atoms with Crippen molar-refractivity contribution in [2.24, 2.45) is 5.10 Å². The van der Waals surface area contributed by atoms with Crippen molar-refractivity contribution in [1.82, 2.24) is 5.01 Å². The summed E-state index contributed by atoms with van der Waals surface area (Å²) in [5.74, 6) is 0.829. The molecular weight excluding hydrogens is 268 g/mol. The molecule has 0 atom stereocenters. The van der Waals surface area contributed by atoms with E-state index in [1.165, 1.54) is 0 Å². The van der Waals surface area contributed by atoms with Gasteiger partial charge in [-0.1, -0.05) is 42.5 Å². The van der Waals surface area contributed by atoms with E-state index in [-0.39, 0.29) is 0 Å². The number of hydrogen-bond donors (Lipinski definition) is 0. The third kappa shape index (κ3) is 3.65. The van der Waals surface area contributed by atoms with E-state index in [9.17, 15) is 0 Å². The van der Waals surface area contributed by atoms with Crippen molar-refractivity contribution in [2.75, 3.05) is 14.2 Å². The molecule has 2 rings (SSSR count). The number of ether oxygens (including phenoxy) is 1. The van der Waals surface area contributed by atoms with Crippen LogP contribution in [0.4, 0.5) is 0 Å². The fraction of sp³-hybridized carbons (Fsp3) is 0.125. The molecule has 0 saturated carbocycles. The molecule has 4 heteroatoms. The second-order valence-electron chi connectivity index (χ2n) is 4.21. The predicted octanol–water partition coefficient (Wildman–Crippen LogP) is 3.34. The Bertz CT molecular complexity index is 594. The topological polar surface area (TPSA) is 24.8 Å². The van der Waals surface area contributed by atoms with E-state index >= 15 is 0 Å². The molecule has 0 N–H and O–H groups in total. The van der Waals surface area contributed by atoms with Crippen LogP contribution >= 0.6 is 12.2 Å². The summed E-state index contributed by atoms with van der Waals surface area (Å²) < 4.78 is 5.12. The van der Waals surface area contributed by atoms with Gasteiger partial charge in [0.2, 0.25) is 0 Å². The first-order valence-electron chi connectivity index (χ1n) is 6.22. The van der Waals surface area contributed by atoms with Crippen LogP contribution in [0.15, 0.2) is 59.7 Å². The minimum Gasteiger partial charge on any atom is -0.497 e. The van der Waals surface area contributed by atoms with Gasteiger partial charge >= 0.3 is 0 Å². The molecule has 0 fully saturated rings. The van der Waals surface area contributed by atoms with Gasteiger partial charge in [-0.2, -0.15) is 5.10 Å². The third-order valence-corrected chi connectivity index (χ3v) is 3.31. The molecule has 0 heterocycles. The molecule has 0 unspecified atom stereocenters. The summed E-state index contributed by atoms with van der Waals surface area (Å²) in [6.07, 6.45) is 1.77. The van der Waals surface area contributed by atoms with Crippen molar-refractivity contribution in [3.63, 3.8) is 0 Å². The number of thiocarbonyl (C=S) groups is 1. The monoisotopic (exact) mass is 284 g/mol. The van der Waals surface area contributed by atoms with Crippen LogP contribution in [-0.4, -0.2) is 30.4 Å². The molecule has 2 aromatic carbocycles. The van der Waals surface area contributed by atoms with Crippen molar-refractivity contribution in [1.29, 1.82) is 0 Å². The summed E-state index contributed by atoms with van der Waals surface area (Å²) in [5, 5.41) is 6.04. The number of methoxy groups -OCH3 is 1. The number of hydrazone groups is 1. The largest absolute Gasteiger partial charge is 0.497 e. The van der Waals surface area contributed by atoms with Gasteiger partial charge < -0.3 is 4.74 Å². The zero-order chi connectivity index (χ0) is 14.4. The summed E-state index contributed by atoms with van der Waals surface area (Å²) in [5.41, 5.74) is 1.98. The number of hydrogen-bond acceptors (Lipinski definition) is 3. The Morgan fingerprint density at radius 1 is 1.10 bits per heavy atom. The van der Waals surface area contributed by atoms with E-state index in [4.69, 9.17) is 17.0 Å². The van der Waals surface area contributed by atoms with Crippen molar-refractivity contribution in [3.8, 4) is 5.75 Å². The summed E-state index contributed by atoms with van der Waals surface area (Å²) in [6, 6.07) is 17.5. The highest BCUT2D eigenvalue weighted by molar-refractivity contribution is 7.80. The molecule has 0 bridgehead atoms. The first-order chi connectivity index (χ1) is 9.70. The second-order valence-corrected chi connectivity index (χ2v) is 4.60. The van der Waals surface area contributed by atoms with E-state index in [1.54, 1.807) is 18.3 Å². The molecule has 3 nitrogen and oxygen atoms in total. The average Bonchev–Trinajstić information content (AvgIpc) is 2.53. The van der Waals surface area contributed by atoms with Gasteiger partial charge in [0.25, 0.3) is 0 Å². The number of rotatable bonds is 4. The maximum Gasteiger partial charge on any atom is 0.129 e. The SMILES string of the molecule is COc1ccc(/C=N/N(C)C(=S)c2ccccc2)cc1. The lowest BCUT2D eigenvalue weighted by atomic mass is 10.2. The van der Waals surface area contributed by atoms with Gasteiger partial charge in [0.15, 0.2) is 0 Å². The van der Waals surface area contributed by atoms with Gasteiger partial charge in [-0.3, -0.25) is 5.01 Å². The highest BCUT2D eigenvalue weighted by atomic mass is 32.1. The zero-order valence-corrected chi connectivity index (χ0v) is 12.3. The van der Waals surface area contributed by atoms with E-state index in [0.717, 1.165) is 16.9 Å². The molecule has 102 valence electrons. The Morgan fingerprint density at radius 3 is 2.35 bits per heavy atom. The first-order valence-corrected chi connectivity index (χ1v) is 6.62. The molecule has 0 saturated heterocycles. The molecule has 0 aliphatic heterocycles. The second kappa shape index (κ2) is 6.82. The molecular formula is C16H16N2OS. The van der Waals surface area contributed by atoms with E-state index in [2.05, 4.69) is 5.10 Å². The maximum absolute atomic E-state index is 5.39. The standard InChI is InChI=1S/C16H16N2OS/c1-18(16(20)14-6-4-3-5-7-14)17-12-13-8-10-15(19-2)11-9-13/h3-12H,1-2H3/b17-12+. The van der Waals surface area contributed by atoms with Crippen LogP contribution in [0.25, 0.3) is 0 Å². The summed E-state index contributed by atoms with van der Waals surface area (Å²) >= 11 is 5.39. The Labute approximate surface area is 124 Å². The molecule has 0 spiro atoms. The molecule has 0 aliphatic rings. The smallest absolute Gasteiger partial charge is 0.129 e. The number of nitrogens with zero attached hydrogens (tertiary/aromatic N) is 2. The number of benzene rings is 2. The lowest BCUT2D eigenvalue weighted by molar-refractivity contribution is 0.415. The molecule has 0 radical (unpaired) electrons. The highest BCUT2D eigenvalue weighted by Crippen LogP contribution is 2.10.